The second-order valence-corrected chi connectivity index (χ2v) is 26.2. The van der Waals surface area contributed by atoms with Gasteiger partial charge in [-0.25, -0.2) is 29.9 Å². The molecule has 8 nitrogen and oxygen atoms in total. The van der Waals surface area contributed by atoms with Crippen LogP contribution in [0.25, 0.3) is 190 Å². The zero-order chi connectivity index (χ0) is 68.9. The molecule has 0 unspecified atom stereocenters. The Labute approximate surface area is 601 Å². The van der Waals surface area contributed by atoms with Crippen LogP contribution in [-0.4, -0.2) is 39.0 Å². The van der Waals surface area contributed by atoms with Crippen molar-refractivity contribution in [2.45, 2.75) is 0 Å². The molecule has 0 radical (unpaired) electrons. The number of hydrogen-bond acceptors (Lipinski definition) is 6. The lowest BCUT2D eigenvalue weighted by Gasteiger charge is -2.17. The van der Waals surface area contributed by atoms with Gasteiger partial charge in [0.25, 0.3) is 0 Å². The first-order valence-electron chi connectivity index (χ1n) is 35.1. The van der Waals surface area contributed by atoms with Crippen molar-refractivity contribution in [3.05, 3.63) is 376 Å². The molecule has 0 aliphatic heterocycles. The predicted octanol–water partition coefficient (Wildman–Crippen LogP) is 24.3. The van der Waals surface area contributed by atoms with Gasteiger partial charge < -0.3 is 9.13 Å². The summed E-state index contributed by atoms with van der Waals surface area (Å²) in [5.41, 5.74) is 24.5. The molecule has 104 heavy (non-hydrogen) atoms. The van der Waals surface area contributed by atoms with E-state index in [-0.39, 0.29) is 0 Å². The maximum Gasteiger partial charge on any atom is 0.166 e. The maximum atomic E-state index is 5.49. The third-order valence-corrected chi connectivity index (χ3v) is 19.8. The monoisotopic (exact) mass is 1330 g/mol. The Morgan fingerprint density at radius 2 is 0.404 bits per heavy atom. The van der Waals surface area contributed by atoms with Gasteiger partial charge in [0.15, 0.2) is 34.9 Å². The van der Waals surface area contributed by atoms with Gasteiger partial charge in [-0.3, -0.25) is 0 Å². The van der Waals surface area contributed by atoms with Gasteiger partial charge in [-0.15, -0.1) is 0 Å². The van der Waals surface area contributed by atoms with Crippen molar-refractivity contribution in [2.24, 2.45) is 0 Å². The smallest absolute Gasteiger partial charge is 0.166 e. The lowest BCUT2D eigenvalue weighted by Crippen LogP contribution is -2.04. The van der Waals surface area contributed by atoms with Gasteiger partial charge in [0.05, 0.1) is 27.8 Å². The van der Waals surface area contributed by atoms with Gasteiger partial charge in [-0.1, -0.05) is 291 Å². The molecule has 0 saturated carbocycles. The summed E-state index contributed by atoms with van der Waals surface area (Å²) in [5, 5.41) is 4.55. The summed E-state index contributed by atoms with van der Waals surface area (Å²) in [5.74, 6) is 3.41. The molecule has 0 fully saturated rings. The van der Waals surface area contributed by atoms with E-state index in [0.717, 1.165) is 155 Å². The second kappa shape index (κ2) is 26.2. The Kier molecular flexibility index (Phi) is 15.4. The van der Waals surface area contributed by atoms with Crippen LogP contribution in [0.3, 0.4) is 0 Å². The Morgan fingerprint density at radius 1 is 0.154 bits per heavy atom. The first-order chi connectivity index (χ1) is 51.5. The normalized spacial score (nSPS) is 11.5. The van der Waals surface area contributed by atoms with Crippen LogP contribution in [0.2, 0.25) is 0 Å². The van der Waals surface area contributed by atoms with E-state index in [9.17, 15) is 0 Å². The van der Waals surface area contributed by atoms with Crippen LogP contribution in [0.4, 0.5) is 0 Å². The minimum atomic E-state index is 0.542. The van der Waals surface area contributed by atoms with Crippen molar-refractivity contribution in [3.8, 4) is 146 Å². The topological polar surface area (TPSA) is 87.2 Å². The van der Waals surface area contributed by atoms with Crippen molar-refractivity contribution in [3.63, 3.8) is 0 Å². The first kappa shape index (κ1) is 61.0. The molecule has 19 aromatic rings. The van der Waals surface area contributed by atoms with E-state index in [4.69, 9.17) is 29.9 Å². The summed E-state index contributed by atoms with van der Waals surface area (Å²) in [7, 11) is 0. The van der Waals surface area contributed by atoms with Gasteiger partial charge >= 0.3 is 0 Å². The minimum Gasteiger partial charge on any atom is -0.309 e. The molecule has 0 aliphatic carbocycles. The summed E-state index contributed by atoms with van der Waals surface area (Å²) in [6.45, 7) is 0. The van der Waals surface area contributed by atoms with E-state index >= 15 is 0 Å². The average Bonchev–Trinajstić information content (AvgIpc) is 1.52. The fourth-order valence-electron chi connectivity index (χ4n) is 14.7. The molecule has 0 bridgehead atoms. The minimum absolute atomic E-state index is 0.542. The summed E-state index contributed by atoms with van der Waals surface area (Å²) >= 11 is 0. The molecule has 0 aliphatic rings. The quantitative estimate of drug-likeness (QED) is 0.108. The van der Waals surface area contributed by atoms with Crippen molar-refractivity contribution in [1.82, 2.24) is 39.0 Å². The molecule has 15 aromatic carbocycles. The van der Waals surface area contributed by atoms with Crippen molar-refractivity contribution >= 4 is 43.6 Å². The highest BCUT2D eigenvalue weighted by molar-refractivity contribution is 6.13. The number of rotatable bonds is 14. The molecule has 0 N–H and O–H groups in total. The molecule has 4 heterocycles. The summed E-state index contributed by atoms with van der Waals surface area (Å²) < 4.78 is 4.81. The van der Waals surface area contributed by atoms with Crippen LogP contribution >= 0.6 is 0 Å². The van der Waals surface area contributed by atoms with Crippen molar-refractivity contribution in [1.29, 1.82) is 0 Å². The molecule has 0 saturated heterocycles. The highest BCUT2D eigenvalue weighted by Crippen LogP contribution is 2.44. The highest BCUT2D eigenvalue weighted by Gasteiger charge is 2.24. The van der Waals surface area contributed by atoms with E-state index in [1.54, 1.807) is 0 Å². The zero-order valence-electron chi connectivity index (χ0n) is 56.4. The molecular weight excluding hydrogens is 1270 g/mol. The molecular formula is C96H62N8. The van der Waals surface area contributed by atoms with E-state index in [2.05, 4.69) is 312 Å². The lowest BCUT2D eigenvalue weighted by molar-refractivity contribution is 1.06. The van der Waals surface area contributed by atoms with Gasteiger partial charge in [0.2, 0.25) is 0 Å². The van der Waals surface area contributed by atoms with Crippen molar-refractivity contribution in [2.75, 3.05) is 0 Å². The van der Waals surface area contributed by atoms with Crippen LogP contribution in [0.5, 0.6) is 0 Å². The molecule has 0 amide bonds. The summed E-state index contributed by atoms with van der Waals surface area (Å²) in [6, 6.07) is 133. The SMILES string of the molecule is c1ccc(-c2ccc3c(c2)c2cc(-c4ccccc4)ccc2n3-c2cc(-c3cccc(-c4ccc(-n5c6ccc(-c7ccccc7)cc6c6cc(-c7ccccc7)ccc65)c(-c5nc(-c6ccccc6)nc(-c6ccccc6)n5)c4)c3)cc(-c3nc(-c4ccccc4)nc(-c4ccccc4)n3)c2)cc1. The van der Waals surface area contributed by atoms with Gasteiger partial charge in [-0.2, -0.15) is 0 Å². The van der Waals surface area contributed by atoms with Crippen LogP contribution in [0.1, 0.15) is 0 Å². The average molecular weight is 1330 g/mol. The third kappa shape index (κ3) is 11.4. The zero-order valence-corrected chi connectivity index (χ0v) is 56.4. The molecule has 0 atom stereocenters. The number of hydrogen-bond donors (Lipinski definition) is 0. The molecule has 4 aromatic heterocycles. The van der Waals surface area contributed by atoms with Gasteiger partial charge in [0.1, 0.15) is 0 Å². The van der Waals surface area contributed by atoms with Crippen LogP contribution in [0, 0.1) is 0 Å². The fraction of sp³-hybridized carbons (Fsp3) is 0. The number of nitrogens with zero attached hydrogens (tertiary/aromatic N) is 8. The largest absolute Gasteiger partial charge is 0.309 e. The van der Waals surface area contributed by atoms with Gasteiger partial charge in [0, 0.05) is 60.6 Å². The molecule has 19 rings (SSSR count). The van der Waals surface area contributed by atoms with Crippen LogP contribution in [0.15, 0.2) is 376 Å². The van der Waals surface area contributed by atoms with Crippen molar-refractivity contribution < 1.29 is 0 Å². The number of benzene rings is 15. The standard InChI is InChI=1S/C96H62N8/c1-9-26-63(27-10-1)73-44-49-86-81(58-73)82-59-74(64-28-11-2-12-29-64)45-50-87(82)103(86)80-56-78(55-79(57-80)95-99-91(67-34-17-5-18-35-67)97-92(100-95)68-36-19-6-20-37-68)72-43-25-42-71(54-72)77-48-53-90(85(62-77)96-101-93(69-38-21-7-22-39-69)98-94(102-96)70-40-23-8-24-41-70)104-88-51-46-75(65-30-13-3-14-31-65)60-83(88)84-61-76(47-52-89(84)104)66-32-15-4-16-33-66/h1-62H. The van der Waals surface area contributed by atoms with E-state index in [1.165, 1.54) is 0 Å². The van der Waals surface area contributed by atoms with Gasteiger partial charge in [-0.05, 0) is 152 Å². The highest BCUT2D eigenvalue weighted by atomic mass is 15.1. The van der Waals surface area contributed by atoms with Crippen LogP contribution < -0.4 is 0 Å². The Balaban J connectivity index is 0.838. The second-order valence-electron chi connectivity index (χ2n) is 26.2. The Morgan fingerprint density at radius 3 is 0.760 bits per heavy atom. The maximum absolute atomic E-state index is 5.49. The Bertz CT molecular complexity index is 6110. The Hall–Kier alpha value is -14.1. The number of fused-ring (bicyclic) bond motifs is 6. The molecule has 8 heteroatoms. The fourth-order valence-corrected chi connectivity index (χ4v) is 14.7. The molecule has 486 valence electrons. The first-order valence-corrected chi connectivity index (χ1v) is 35.1. The lowest BCUT2D eigenvalue weighted by atomic mass is 9.95. The predicted molar refractivity (Wildman–Crippen MR) is 427 cm³/mol. The number of aromatic nitrogens is 8. The summed E-state index contributed by atoms with van der Waals surface area (Å²) in [6.07, 6.45) is 0. The van der Waals surface area contributed by atoms with E-state index in [1.807, 2.05) is 72.8 Å². The van der Waals surface area contributed by atoms with E-state index < -0.39 is 0 Å². The molecule has 0 spiro atoms. The van der Waals surface area contributed by atoms with E-state index in [0.29, 0.717) is 34.9 Å². The third-order valence-electron chi connectivity index (χ3n) is 19.8. The van der Waals surface area contributed by atoms with Crippen LogP contribution in [-0.2, 0) is 0 Å². The summed E-state index contributed by atoms with van der Waals surface area (Å²) in [4.78, 5) is 32.1.